The summed E-state index contributed by atoms with van der Waals surface area (Å²) in [5.74, 6) is -6.57. The summed E-state index contributed by atoms with van der Waals surface area (Å²) in [7, 11) is 0. The molecule has 0 aromatic heterocycles. The number of hydrogen-bond donors (Lipinski definition) is 3. The minimum atomic E-state index is -5.37. The Morgan fingerprint density at radius 3 is 2.24 bits per heavy atom. The average Bonchev–Trinajstić information content (AvgIpc) is 2.78. The van der Waals surface area contributed by atoms with Gasteiger partial charge < -0.3 is 20.2 Å². The first-order valence-electron chi connectivity index (χ1n) is 11.7. The number of carboxylic acid groups (broad SMARTS) is 1. The predicted octanol–water partition coefficient (Wildman–Crippen LogP) is 5.94. The molecule has 2 aromatic carbocycles. The molecule has 1 heterocycles. The van der Waals surface area contributed by atoms with Gasteiger partial charge in [0, 0.05) is 28.4 Å². The fourth-order valence-corrected chi connectivity index (χ4v) is 5.49. The Kier molecular flexibility index (Phi) is 8.54. The van der Waals surface area contributed by atoms with Gasteiger partial charge in [0.15, 0.2) is 0 Å². The summed E-state index contributed by atoms with van der Waals surface area (Å²) in [5, 5.41) is 30.2. The van der Waals surface area contributed by atoms with Crippen molar-refractivity contribution in [2.75, 3.05) is 0 Å². The molecule has 0 spiro atoms. The Hall–Kier alpha value is -2.33. The Morgan fingerprint density at radius 2 is 1.73 bits per heavy atom. The fourth-order valence-electron chi connectivity index (χ4n) is 5.16. The van der Waals surface area contributed by atoms with Crippen LogP contribution >= 0.6 is 23.2 Å². The van der Waals surface area contributed by atoms with Gasteiger partial charge in [0.25, 0.3) is 5.79 Å². The number of carbonyl (C=O) groups excluding carboxylic acids is 1. The molecule has 0 bridgehead atoms. The van der Waals surface area contributed by atoms with Gasteiger partial charge in [0.1, 0.15) is 0 Å². The first kappa shape index (κ1) is 29.2. The molecule has 11 heteroatoms. The van der Waals surface area contributed by atoms with Gasteiger partial charge in [0.05, 0.1) is 17.9 Å². The third-order valence-electron chi connectivity index (χ3n) is 6.97. The van der Waals surface area contributed by atoms with E-state index in [4.69, 9.17) is 23.2 Å². The van der Waals surface area contributed by atoms with Crippen LogP contribution in [0.2, 0.25) is 10.0 Å². The average molecular weight is 562 g/mol. The largest absolute Gasteiger partial charge is 0.481 e. The maximum Gasteiger partial charge on any atom is 0.442 e. The second-order valence-electron chi connectivity index (χ2n) is 9.79. The Morgan fingerprint density at radius 1 is 1.11 bits per heavy atom. The van der Waals surface area contributed by atoms with Crippen LogP contribution in [0.25, 0.3) is 0 Å². The predicted molar refractivity (Wildman–Crippen MR) is 132 cm³/mol. The van der Waals surface area contributed by atoms with Gasteiger partial charge >= 0.3 is 12.1 Å². The first-order chi connectivity index (χ1) is 17.1. The number of benzene rings is 2. The Balaban J connectivity index is 2.25. The summed E-state index contributed by atoms with van der Waals surface area (Å²) in [6, 6.07) is 11.1. The third kappa shape index (κ3) is 6.22. The molecule has 6 nitrogen and oxygen atoms in total. The maximum atomic E-state index is 14.0. The lowest BCUT2D eigenvalue weighted by molar-refractivity contribution is -0.354. The molecule has 1 fully saturated rings. The Bertz CT molecular complexity index is 1140. The molecule has 1 aliphatic heterocycles. The van der Waals surface area contributed by atoms with Crippen LogP contribution in [0.1, 0.15) is 62.6 Å². The van der Waals surface area contributed by atoms with E-state index in [1.165, 1.54) is 18.7 Å². The van der Waals surface area contributed by atoms with Gasteiger partial charge in [-0.25, -0.2) is 0 Å². The minimum Gasteiger partial charge on any atom is -0.481 e. The second-order valence-corrected chi connectivity index (χ2v) is 10.7. The molecule has 1 aliphatic rings. The van der Waals surface area contributed by atoms with Crippen molar-refractivity contribution in [3.8, 4) is 0 Å². The molecule has 4 atom stereocenters. The SMILES string of the molecule is CCC(CC(O)(O)C(F)(F)F)N1C(=O)[C@@](C)(CC(=O)O)C[C@H](c2cccc(Cl)c2)C1c1ccc(Cl)cc1. The van der Waals surface area contributed by atoms with E-state index in [0.717, 1.165) is 0 Å². The highest BCUT2D eigenvalue weighted by molar-refractivity contribution is 6.30. The van der Waals surface area contributed by atoms with E-state index in [-0.39, 0.29) is 12.8 Å². The van der Waals surface area contributed by atoms with Gasteiger partial charge in [-0.15, -0.1) is 0 Å². The van der Waals surface area contributed by atoms with Crippen LogP contribution in [0, 0.1) is 5.41 Å². The van der Waals surface area contributed by atoms with Crippen LogP contribution in [-0.2, 0) is 9.59 Å². The molecule has 37 heavy (non-hydrogen) atoms. The lowest BCUT2D eigenvalue weighted by Gasteiger charge is -2.52. The second kappa shape index (κ2) is 10.8. The summed E-state index contributed by atoms with van der Waals surface area (Å²) in [5.41, 5.74) is -0.278. The van der Waals surface area contributed by atoms with Crippen molar-refractivity contribution in [1.29, 1.82) is 0 Å². The quantitative estimate of drug-likeness (QED) is 0.346. The number of carboxylic acids is 1. The van der Waals surface area contributed by atoms with E-state index in [1.807, 2.05) is 0 Å². The number of aliphatic hydroxyl groups is 2. The molecule has 2 aromatic rings. The van der Waals surface area contributed by atoms with Crippen molar-refractivity contribution >= 4 is 35.1 Å². The van der Waals surface area contributed by atoms with Gasteiger partial charge in [-0.2, -0.15) is 13.2 Å². The van der Waals surface area contributed by atoms with Gasteiger partial charge in [0.2, 0.25) is 5.91 Å². The lowest BCUT2D eigenvalue weighted by Crippen LogP contribution is -2.59. The number of amides is 1. The van der Waals surface area contributed by atoms with Crippen LogP contribution in [0.5, 0.6) is 0 Å². The van der Waals surface area contributed by atoms with Crippen molar-refractivity contribution in [1.82, 2.24) is 4.90 Å². The first-order valence-corrected chi connectivity index (χ1v) is 12.4. The van der Waals surface area contributed by atoms with Gasteiger partial charge in [-0.3, -0.25) is 9.59 Å². The van der Waals surface area contributed by atoms with Crippen LogP contribution in [0.15, 0.2) is 48.5 Å². The molecule has 202 valence electrons. The van der Waals surface area contributed by atoms with Gasteiger partial charge in [-0.1, -0.05) is 61.3 Å². The molecule has 2 unspecified atom stereocenters. The van der Waals surface area contributed by atoms with Crippen molar-refractivity contribution < 1.29 is 38.1 Å². The molecule has 0 saturated carbocycles. The molecule has 1 saturated heterocycles. The van der Waals surface area contributed by atoms with Crippen LogP contribution in [0.3, 0.4) is 0 Å². The van der Waals surface area contributed by atoms with E-state index >= 15 is 0 Å². The number of alkyl halides is 3. The molecule has 3 N–H and O–H groups in total. The summed E-state index contributed by atoms with van der Waals surface area (Å²) < 4.78 is 40.4. The number of rotatable bonds is 8. The standard InChI is InChI=1S/C26H28Cl2F3NO5/c1-3-19(12-25(36,37)26(29,30)31)32-22(15-7-9-17(27)10-8-15)20(16-5-4-6-18(28)11-16)13-24(2,23(32)35)14-21(33)34/h4-11,19-20,22,36-37H,3,12-14H2,1-2H3,(H,33,34)/t19?,20-,22?,24-/m1/s1. The topological polar surface area (TPSA) is 98.1 Å². The summed E-state index contributed by atoms with van der Waals surface area (Å²) in [6.45, 7) is 2.99. The van der Waals surface area contributed by atoms with E-state index < -0.39 is 60.1 Å². The monoisotopic (exact) mass is 561 g/mol. The smallest absolute Gasteiger partial charge is 0.442 e. The van der Waals surface area contributed by atoms with Crippen molar-refractivity contribution in [2.24, 2.45) is 5.41 Å². The zero-order valence-electron chi connectivity index (χ0n) is 20.2. The molecular formula is C26H28Cl2F3NO5. The maximum absolute atomic E-state index is 14.0. The summed E-state index contributed by atoms with van der Waals surface area (Å²) in [4.78, 5) is 27.0. The zero-order valence-corrected chi connectivity index (χ0v) is 21.7. The highest BCUT2D eigenvalue weighted by Gasteiger charge is 2.57. The van der Waals surface area contributed by atoms with Crippen LogP contribution in [-0.4, -0.2) is 50.1 Å². The lowest BCUT2D eigenvalue weighted by atomic mass is 9.66. The highest BCUT2D eigenvalue weighted by Crippen LogP contribution is 2.53. The zero-order chi connectivity index (χ0) is 27.8. The molecular weight excluding hydrogens is 534 g/mol. The fraction of sp³-hybridized carbons (Fsp3) is 0.462. The normalized spacial score (nSPS) is 23.7. The van der Waals surface area contributed by atoms with E-state index in [1.54, 1.807) is 48.5 Å². The van der Waals surface area contributed by atoms with E-state index in [9.17, 15) is 38.1 Å². The van der Waals surface area contributed by atoms with Crippen molar-refractivity contribution in [2.45, 2.75) is 69.5 Å². The number of halogens is 5. The van der Waals surface area contributed by atoms with Crippen molar-refractivity contribution in [3.05, 3.63) is 69.7 Å². The molecule has 0 radical (unpaired) electrons. The molecule has 0 aliphatic carbocycles. The number of aliphatic carboxylic acids is 1. The number of piperidine rings is 1. The van der Waals surface area contributed by atoms with Crippen LogP contribution < -0.4 is 0 Å². The number of hydrogen-bond acceptors (Lipinski definition) is 4. The summed E-state index contributed by atoms with van der Waals surface area (Å²) in [6.07, 6.45) is -7.13. The number of carbonyl (C=O) groups is 2. The summed E-state index contributed by atoms with van der Waals surface area (Å²) >= 11 is 12.3. The highest BCUT2D eigenvalue weighted by atomic mass is 35.5. The van der Waals surface area contributed by atoms with Gasteiger partial charge in [-0.05, 0) is 48.2 Å². The number of likely N-dealkylation sites (tertiary alicyclic amines) is 1. The van der Waals surface area contributed by atoms with Crippen LogP contribution in [0.4, 0.5) is 13.2 Å². The van der Waals surface area contributed by atoms with Crippen molar-refractivity contribution in [3.63, 3.8) is 0 Å². The van der Waals surface area contributed by atoms with E-state index in [2.05, 4.69) is 0 Å². The Labute approximate surface area is 222 Å². The third-order valence-corrected chi connectivity index (χ3v) is 7.46. The van der Waals surface area contributed by atoms with E-state index in [0.29, 0.717) is 21.2 Å². The molecule has 3 rings (SSSR count). The number of nitrogens with zero attached hydrogens (tertiary/aromatic N) is 1. The minimum absolute atomic E-state index is 0.0554. The molecule has 1 amide bonds.